The monoisotopic (exact) mass is 419 g/mol. The number of urea groups is 1. The lowest BCUT2D eigenvalue weighted by Gasteiger charge is -2.33. The summed E-state index contributed by atoms with van der Waals surface area (Å²) in [6.45, 7) is 0.989. The van der Waals surface area contributed by atoms with Crippen LogP contribution in [0.1, 0.15) is 36.5 Å². The first-order valence-corrected chi connectivity index (χ1v) is 10.5. The SMILES string of the molecule is CC(=O)[C@@H](Cc1ccccc1)NC(=O)CN1C(=O)N[C@]2(CCCc3ccccc32)C1=O. The summed E-state index contributed by atoms with van der Waals surface area (Å²) in [5.41, 5.74) is 1.63. The van der Waals surface area contributed by atoms with Gasteiger partial charge in [0.15, 0.2) is 5.78 Å². The maximum Gasteiger partial charge on any atom is 0.325 e. The van der Waals surface area contributed by atoms with Crippen LogP contribution in [0.25, 0.3) is 0 Å². The number of hydrogen-bond donors (Lipinski definition) is 2. The first-order valence-electron chi connectivity index (χ1n) is 10.5. The summed E-state index contributed by atoms with van der Waals surface area (Å²) < 4.78 is 0. The topological polar surface area (TPSA) is 95.6 Å². The molecule has 1 saturated heterocycles. The number of rotatable bonds is 6. The van der Waals surface area contributed by atoms with Crippen molar-refractivity contribution in [3.05, 3.63) is 71.3 Å². The summed E-state index contributed by atoms with van der Waals surface area (Å²) in [6.07, 6.45) is 2.46. The standard InChI is InChI=1S/C24H25N3O4/c1-16(28)20(14-17-8-3-2-4-9-17)25-21(29)15-27-22(30)24(26-23(27)31)13-7-11-18-10-5-6-12-19(18)24/h2-6,8-10,12,20H,7,11,13-15H2,1H3,(H,25,29)(H,26,31)/t20-,24+/m1/s1. The Morgan fingerprint density at radius 3 is 2.55 bits per heavy atom. The quantitative estimate of drug-likeness (QED) is 0.701. The molecule has 4 rings (SSSR count). The smallest absolute Gasteiger partial charge is 0.325 e. The van der Waals surface area contributed by atoms with Crippen molar-refractivity contribution in [3.8, 4) is 0 Å². The maximum atomic E-state index is 13.3. The van der Waals surface area contributed by atoms with Crippen LogP contribution in [0.3, 0.4) is 0 Å². The zero-order chi connectivity index (χ0) is 22.0. The highest BCUT2D eigenvalue weighted by Crippen LogP contribution is 2.39. The average Bonchev–Trinajstić information content (AvgIpc) is 2.99. The van der Waals surface area contributed by atoms with Crippen LogP contribution in [0.2, 0.25) is 0 Å². The second kappa shape index (κ2) is 8.34. The fraction of sp³-hybridized carbons (Fsp3) is 0.333. The third-order valence-corrected chi connectivity index (χ3v) is 6.06. The number of hydrogen-bond acceptors (Lipinski definition) is 4. The molecule has 0 unspecified atom stereocenters. The Balaban J connectivity index is 1.48. The predicted octanol–water partition coefficient (Wildman–Crippen LogP) is 2.09. The lowest BCUT2D eigenvalue weighted by atomic mass is 9.76. The number of ketones is 1. The van der Waals surface area contributed by atoms with Crippen LogP contribution in [-0.2, 0) is 32.8 Å². The van der Waals surface area contributed by atoms with Crippen molar-refractivity contribution in [2.24, 2.45) is 0 Å². The highest BCUT2D eigenvalue weighted by atomic mass is 16.2. The Morgan fingerprint density at radius 2 is 1.81 bits per heavy atom. The number of nitrogens with zero attached hydrogens (tertiary/aromatic N) is 1. The summed E-state index contributed by atoms with van der Waals surface area (Å²) in [6, 6.07) is 15.6. The van der Waals surface area contributed by atoms with Crippen molar-refractivity contribution in [2.45, 2.75) is 44.2 Å². The number of benzene rings is 2. The number of fused-ring (bicyclic) bond motifs is 2. The lowest BCUT2D eigenvalue weighted by Crippen LogP contribution is -2.49. The van der Waals surface area contributed by atoms with E-state index in [1.165, 1.54) is 6.92 Å². The molecule has 7 nitrogen and oxygen atoms in total. The fourth-order valence-electron chi connectivity index (χ4n) is 4.48. The molecule has 1 aliphatic carbocycles. The summed E-state index contributed by atoms with van der Waals surface area (Å²) in [5, 5.41) is 5.52. The van der Waals surface area contributed by atoms with Crippen LogP contribution in [0, 0.1) is 0 Å². The number of Topliss-reactive ketones (excluding diaryl/α,β-unsaturated/α-hetero) is 1. The Labute approximate surface area is 180 Å². The lowest BCUT2D eigenvalue weighted by molar-refractivity contribution is -0.136. The molecule has 2 aromatic carbocycles. The molecule has 1 heterocycles. The predicted molar refractivity (Wildman–Crippen MR) is 114 cm³/mol. The van der Waals surface area contributed by atoms with Gasteiger partial charge in [-0.15, -0.1) is 0 Å². The second-order valence-corrected chi connectivity index (χ2v) is 8.16. The molecule has 1 aliphatic heterocycles. The van der Waals surface area contributed by atoms with Crippen molar-refractivity contribution in [3.63, 3.8) is 0 Å². The molecule has 0 bridgehead atoms. The Kier molecular flexibility index (Phi) is 5.59. The highest BCUT2D eigenvalue weighted by molar-refractivity contribution is 6.09. The van der Waals surface area contributed by atoms with Crippen molar-refractivity contribution >= 4 is 23.6 Å². The van der Waals surface area contributed by atoms with Gasteiger partial charge in [-0.25, -0.2) is 4.79 Å². The van der Waals surface area contributed by atoms with Crippen molar-refractivity contribution < 1.29 is 19.2 Å². The van der Waals surface area contributed by atoms with E-state index in [9.17, 15) is 19.2 Å². The molecule has 0 aromatic heterocycles. The summed E-state index contributed by atoms with van der Waals surface area (Å²) in [5.74, 6) is -1.14. The van der Waals surface area contributed by atoms with Gasteiger partial charge in [0.1, 0.15) is 12.1 Å². The molecule has 0 saturated carbocycles. The molecular formula is C24H25N3O4. The van der Waals surface area contributed by atoms with Crippen LogP contribution in [0.4, 0.5) is 4.79 Å². The Bertz CT molecular complexity index is 1040. The molecule has 2 aliphatic rings. The number of aryl methyl sites for hydroxylation is 1. The largest absolute Gasteiger partial charge is 0.344 e. The van der Waals surface area contributed by atoms with E-state index in [2.05, 4.69) is 10.6 Å². The van der Waals surface area contributed by atoms with E-state index in [4.69, 9.17) is 0 Å². The van der Waals surface area contributed by atoms with E-state index in [1.807, 2.05) is 54.6 Å². The van der Waals surface area contributed by atoms with E-state index in [0.29, 0.717) is 12.8 Å². The summed E-state index contributed by atoms with van der Waals surface area (Å²) in [4.78, 5) is 51.6. The van der Waals surface area contributed by atoms with E-state index in [-0.39, 0.29) is 5.78 Å². The van der Waals surface area contributed by atoms with E-state index < -0.39 is 36.0 Å². The number of nitrogens with one attached hydrogen (secondary N) is 2. The van der Waals surface area contributed by atoms with Crippen molar-refractivity contribution in [2.75, 3.05) is 6.54 Å². The van der Waals surface area contributed by atoms with E-state index in [0.717, 1.165) is 34.4 Å². The third kappa shape index (κ3) is 3.95. The van der Waals surface area contributed by atoms with Crippen LogP contribution in [0.15, 0.2) is 54.6 Å². The first kappa shape index (κ1) is 20.8. The van der Waals surface area contributed by atoms with Crippen LogP contribution in [0.5, 0.6) is 0 Å². The third-order valence-electron chi connectivity index (χ3n) is 6.06. The molecule has 160 valence electrons. The van der Waals surface area contributed by atoms with Crippen LogP contribution in [-0.4, -0.2) is 41.1 Å². The molecule has 2 N–H and O–H groups in total. The number of carbonyl (C=O) groups excluding carboxylic acids is 4. The molecule has 4 amide bonds. The van der Waals surface area contributed by atoms with Gasteiger partial charge in [-0.05, 0) is 49.3 Å². The second-order valence-electron chi connectivity index (χ2n) is 8.16. The fourth-order valence-corrected chi connectivity index (χ4v) is 4.48. The molecule has 7 heteroatoms. The van der Waals surface area contributed by atoms with Gasteiger partial charge in [-0.3, -0.25) is 19.3 Å². The zero-order valence-electron chi connectivity index (χ0n) is 17.4. The van der Waals surface area contributed by atoms with Crippen molar-refractivity contribution in [1.82, 2.24) is 15.5 Å². The normalized spacial score (nSPS) is 20.9. The van der Waals surface area contributed by atoms with Gasteiger partial charge in [0.2, 0.25) is 5.91 Å². The van der Waals surface area contributed by atoms with Gasteiger partial charge in [0.25, 0.3) is 5.91 Å². The Hall–Kier alpha value is -3.48. The Morgan fingerprint density at radius 1 is 1.10 bits per heavy atom. The van der Waals surface area contributed by atoms with Gasteiger partial charge < -0.3 is 10.6 Å². The molecular weight excluding hydrogens is 394 g/mol. The molecule has 1 spiro atoms. The molecule has 1 fully saturated rings. The van der Waals surface area contributed by atoms with Gasteiger partial charge in [-0.1, -0.05) is 54.6 Å². The number of carbonyl (C=O) groups is 4. The summed E-state index contributed by atoms with van der Waals surface area (Å²) in [7, 11) is 0. The zero-order valence-corrected chi connectivity index (χ0v) is 17.4. The van der Waals surface area contributed by atoms with Crippen LogP contribution >= 0.6 is 0 Å². The maximum absolute atomic E-state index is 13.3. The molecule has 31 heavy (non-hydrogen) atoms. The van der Waals surface area contributed by atoms with E-state index in [1.54, 1.807) is 0 Å². The van der Waals surface area contributed by atoms with Gasteiger partial charge in [0, 0.05) is 0 Å². The van der Waals surface area contributed by atoms with Crippen molar-refractivity contribution in [1.29, 1.82) is 0 Å². The van der Waals surface area contributed by atoms with Gasteiger partial charge in [-0.2, -0.15) is 0 Å². The minimum absolute atomic E-state index is 0.188. The molecule has 2 aromatic rings. The number of imide groups is 1. The van der Waals surface area contributed by atoms with Gasteiger partial charge >= 0.3 is 6.03 Å². The minimum Gasteiger partial charge on any atom is -0.344 e. The first-order chi connectivity index (χ1) is 14.9. The average molecular weight is 419 g/mol. The van der Waals surface area contributed by atoms with Crippen LogP contribution < -0.4 is 10.6 Å². The van der Waals surface area contributed by atoms with E-state index >= 15 is 0 Å². The number of amides is 4. The highest BCUT2D eigenvalue weighted by Gasteiger charge is 2.54. The molecule has 2 atom stereocenters. The molecule has 0 radical (unpaired) electrons. The minimum atomic E-state index is -1.11. The summed E-state index contributed by atoms with van der Waals surface area (Å²) >= 11 is 0. The van der Waals surface area contributed by atoms with Gasteiger partial charge in [0.05, 0.1) is 6.04 Å².